The Labute approximate surface area is 113 Å². The Kier molecular flexibility index (Phi) is 3.80. The first kappa shape index (κ1) is 15.1. The Morgan fingerprint density at radius 2 is 1.24 bits per heavy atom. The van der Waals surface area contributed by atoms with Crippen LogP contribution in [0.15, 0.2) is 30.3 Å². The normalized spacial score (nSPS) is 11.6. The van der Waals surface area contributed by atoms with Gasteiger partial charge in [0.15, 0.2) is 17.4 Å². The molecule has 0 saturated carbocycles. The van der Waals surface area contributed by atoms with Gasteiger partial charge in [0.25, 0.3) is 0 Å². The van der Waals surface area contributed by atoms with Gasteiger partial charge in [-0.05, 0) is 5.56 Å². The number of rotatable bonds is 2. The lowest BCUT2D eigenvalue weighted by Crippen LogP contribution is -2.20. The standard InChI is InChI=1S/C13H5F7O/c14-8-7(6-4-2-1-3-5-6)12(21-13(18,19)20)11(17)10(16)9(8)15/h1-5H. The fraction of sp³-hybridized carbons (Fsp3) is 0.0769. The van der Waals surface area contributed by atoms with Gasteiger partial charge in [-0.25, -0.2) is 13.2 Å². The van der Waals surface area contributed by atoms with Crippen LogP contribution >= 0.6 is 0 Å². The zero-order chi connectivity index (χ0) is 15.8. The summed E-state index contributed by atoms with van der Waals surface area (Å²) in [5.41, 5.74) is -1.45. The van der Waals surface area contributed by atoms with Crippen molar-refractivity contribution in [2.45, 2.75) is 6.36 Å². The van der Waals surface area contributed by atoms with E-state index >= 15 is 0 Å². The summed E-state index contributed by atoms with van der Waals surface area (Å²) in [4.78, 5) is 0. The number of hydrogen-bond donors (Lipinski definition) is 0. The summed E-state index contributed by atoms with van der Waals surface area (Å²) in [6.07, 6.45) is -5.40. The average molecular weight is 310 g/mol. The number of halogens is 7. The van der Waals surface area contributed by atoms with E-state index in [1.807, 2.05) is 0 Å². The van der Waals surface area contributed by atoms with Crippen LogP contribution in [0.5, 0.6) is 5.75 Å². The third-order valence-electron chi connectivity index (χ3n) is 2.50. The van der Waals surface area contributed by atoms with Gasteiger partial charge in [0.2, 0.25) is 11.6 Å². The van der Waals surface area contributed by atoms with Gasteiger partial charge in [-0.3, -0.25) is 0 Å². The van der Waals surface area contributed by atoms with Crippen LogP contribution in [0.3, 0.4) is 0 Å². The highest BCUT2D eigenvalue weighted by molar-refractivity contribution is 5.71. The molecule has 8 heteroatoms. The van der Waals surface area contributed by atoms with Crippen molar-refractivity contribution in [3.8, 4) is 16.9 Å². The van der Waals surface area contributed by atoms with Crippen LogP contribution in [-0.2, 0) is 0 Å². The van der Waals surface area contributed by atoms with Crippen molar-refractivity contribution in [1.29, 1.82) is 0 Å². The second-order valence-corrected chi connectivity index (χ2v) is 3.87. The molecule has 0 aliphatic rings. The first-order chi connectivity index (χ1) is 9.72. The summed E-state index contributed by atoms with van der Waals surface area (Å²) in [6.45, 7) is 0. The van der Waals surface area contributed by atoms with Crippen molar-refractivity contribution >= 4 is 0 Å². The Morgan fingerprint density at radius 1 is 0.714 bits per heavy atom. The van der Waals surface area contributed by atoms with E-state index in [0.29, 0.717) is 0 Å². The molecule has 2 aromatic carbocycles. The second-order valence-electron chi connectivity index (χ2n) is 3.87. The molecule has 0 aliphatic carbocycles. The summed E-state index contributed by atoms with van der Waals surface area (Å²) in [5, 5.41) is 0. The van der Waals surface area contributed by atoms with Gasteiger partial charge < -0.3 is 4.74 Å². The molecule has 1 nitrogen and oxygen atoms in total. The largest absolute Gasteiger partial charge is 0.573 e. The van der Waals surface area contributed by atoms with Gasteiger partial charge in [-0.1, -0.05) is 30.3 Å². The fourth-order valence-corrected chi connectivity index (χ4v) is 1.69. The molecule has 0 heterocycles. The van der Waals surface area contributed by atoms with Crippen LogP contribution in [0, 0.1) is 23.3 Å². The maximum Gasteiger partial charge on any atom is 0.573 e. The number of ether oxygens (including phenoxy) is 1. The lowest BCUT2D eigenvalue weighted by Gasteiger charge is -2.16. The molecule has 112 valence electrons. The van der Waals surface area contributed by atoms with Crippen LogP contribution in [0.1, 0.15) is 0 Å². The van der Waals surface area contributed by atoms with E-state index in [2.05, 4.69) is 4.74 Å². The van der Waals surface area contributed by atoms with E-state index in [1.54, 1.807) is 0 Å². The number of hydrogen-bond acceptors (Lipinski definition) is 1. The first-order valence-electron chi connectivity index (χ1n) is 5.39. The summed E-state index contributed by atoms with van der Waals surface area (Å²) < 4.78 is 93.6. The summed E-state index contributed by atoms with van der Waals surface area (Å²) in [7, 11) is 0. The van der Waals surface area contributed by atoms with Crippen LogP contribution in [0.2, 0.25) is 0 Å². The summed E-state index contributed by atoms with van der Waals surface area (Å²) in [6, 6.07) is 6.23. The highest BCUT2D eigenvalue weighted by Crippen LogP contribution is 2.40. The minimum absolute atomic E-state index is 0.299. The first-order valence-corrected chi connectivity index (χ1v) is 5.39. The third-order valence-corrected chi connectivity index (χ3v) is 2.50. The number of alkyl halides is 3. The lowest BCUT2D eigenvalue weighted by atomic mass is 10.0. The molecular weight excluding hydrogens is 305 g/mol. The van der Waals surface area contributed by atoms with Crippen LogP contribution < -0.4 is 4.74 Å². The molecule has 0 amide bonds. The van der Waals surface area contributed by atoms with Gasteiger partial charge >= 0.3 is 6.36 Å². The zero-order valence-corrected chi connectivity index (χ0v) is 9.94. The molecule has 0 N–H and O–H groups in total. The smallest absolute Gasteiger partial charge is 0.402 e. The molecule has 0 saturated heterocycles. The van der Waals surface area contributed by atoms with Crippen LogP contribution in [-0.4, -0.2) is 6.36 Å². The topological polar surface area (TPSA) is 9.23 Å². The van der Waals surface area contributed by atoms with Crippen LogP contribution in [0.4, 0.5) is 30.7 Å². The van der Waals surface area contributed by atoms with E-state index < -0.39 is 40.9 Å². The molecule has 0 bridgehead atoms. The molecule has 0 aromatic heterocycles. The third kappa shape index (κ3) is 2.93. The van der Waals surface area contributed by atoms with Crippen molar-refractivity contribution in [2.24, 2.45) is 0 Å². The lowest BCUT2D eigenvalue weighted by molar-refractivity contribution is -0.275. The van der Waals surface area contributed by atoms with Crippen molar-refractivity contribution in [3.63, 3.8) is 0 Å². The quantitative estimate of drug-likeness (QED) is 0.439. The van der Waals surface area contributed by atoms with Gasteiger partial charge in [-0.2, -0.15) is 4.39 Å². The zero-order valence-electron chi connectivity index (χ0n) is 9.94. The van der Waals surface area contributed by atoms with E-state index in [9.17, 15) is 30.7 Å². The maximum atomic E-state index is 13.7. The minimum Gasteiger partial charge on any atom is -0.402 e. The monoisotopic (exact) mass is 310 g/mol. The number of benzene rings is 2. The van der Waals surface area contributed by atoms with Crippen LogP contribution in [0.25, 0.3) is 11.1 Å². The Morgan fingerprint density at radius 3 is 1.76 bits per heavy atom. The van der Waals surface area contributed by atoms with Crippen molar-refractivity contribution in [1.82, 2.24) is 0 Å². The minimum atomic E-state index is -5.40. The average Bonchev–Trinajstić information content (AvgIpc) is 2.42. The van der Waals surface area contributed by atoms with Crippen molar-refractivity contribution in [2.75, 3.05) is 0 Å². The maximum absolute atomic E-state index is 13.7. The van der Waals surface area contributed by atoms with Crippen molar-refractivity contribution in [3.05, 3.63) is 53.6 Å². The Balaban J connectivity index is 2.78. The molecule has 0 fully saturated rings. The highest BCUT2D eigenvalue weighted by Gasteiger charge is 2.37. The molecule has 2 rings (SSSR count). The molecular formula is C13H5F7O. The second kappa shape index (κ2) is 5.27. The Hall–Kier alpha value is -2.25. The van der Waals surface area contributed by atoms with Gasteiger partial charge in [0.1, 0.15) is 0 Å². The van der Waals surface area contributed by atoms with Gasteiger partial charge in [0.05, 0.1) is 5.56 Å². The summed E-state index contributed by atoms with van der Waals surface area (Å²) in [5.74, 6) is -10.6. The molecule has 0 radical (unpaired) electrons. The summed E-state index contributed by atoms with van der Waals surface area (Å²) >= 11 is 0. The predicted molar refractivity (Wildman–Crippen MR) is 58.4 cm³/mol. The van der Waals surface area contributed by atoms with Gasteiger partial charge in [0, 0.05) is 0 Å². The molecule has 0 aliphatic heterocycles. The van der Waals surface area contributed by atoms with Crippen molar-refractivity contribution < 1.29 is 35.5 Å². The highest BCUT2D eigenvalue weighted by atomic mass is 19.4. The van der Waals surface area contributed by atoms with E-state index in [-0.39, 0.29) is 5.56 Å². The van der Waals surface area contributed by atoms with Gasteiger partial charge in [-0.15, -0.1) is 13.2 Å². The molecule has 0 atom stereocenters. The SMILES string of the molecule is Fc1c(F)c(F)c(-c2ccccc2)c(OC(F)(F)F)c1F. The fourth-order valence-electron chi connectivity index (χ4n) is 1.69. The van der Waals surface area contributed by atoms with E-state index in [1.165, 1.54) is 18.2 Å². The van der Waals surface area contributed by atoms with E-state index in [0.717, 1.165) is 12.1 Å². The predicted octanol–water partition coefficient (Wildman–Crippen LogP) is 4.81. The molecule has 0 unspecified atom stereocenters. The van der Waals surface area contributed by atoms with E-state index in [4.69, 9.17) is 0 Å². The molecule has 2 aromatic rings. The molecule has 0 spiro atoms. The Bertz CT molecular complexity index is 665. The molecule has 21 heavy (non-hydrogen) atoms.